The molecule has 1 atom stereocenters. The van der Waals surface area contributed by atoms with Crippen molar-refractivity contribution in [2.45, 2.75) is 26.3 Å². The van der Waals surface area contributed by atoms with Crippen LogP contribution in [-0.4, -0.2) is 11.5 Å². The zero-order chi connectivity index (χ0) is 13.0. The van der Waals surface area contributed by atoms with E-state index in [2.05, 4.69) is 29.5 Å². The number of thiazole rings is 1. The van der Waals surface area contributed by atoms with E-state index in [0.717, 1.165) is 29.2 Å². The third-order valence-corrected chi connectivity index (χ3v) is 3.66. The van der Waals surface area contributed by atoms with Crippen LogP contribution in [0.5, 0.6) is 0 Å². The van der Waals surface area contributed by atoms with Gasteiger partial charge >= 0.3 is 0 Å². The summed E-state index contributed by atoms with van der Waals surface area (Å²) >= 11 is 1.66. The van der Waals surface area contributed by atoms with Crippen LogP contribution in [0.4, 0.5) is 4.39 Å². The summed E-state index contributed by atoms with van der Waals surface area (Å²) in [6.45, 7) is 5.13. The van der Waals surface area contributed by atoms with Crippen molar-refractivity contribution in [3.63, 3.8) is 0 Å². The average molecular weight is 264 g/mol. The molecule has 0 spiro atoms. The maximum absolute atomic E-state index is 12.8. The van der Waals surface area contributed by atoms with Gasteiger partial charge in [0.2, 0.25) is 0 Å². The van der Waals surface area contributed by atoms with Gasteiger partial charge in [-0.25, -0.2) is 9.37 Å². The molecule has 1 N–H and O–H groups in total. The van der Waals surface area contributed by atoms with E-state index in [1.54, 1.807) is 11.3 Å². The molecule has 1 heterocycles. The molecule has 4 heteroatoms. The SMILES string of the molecule is CCNC(C)c1csc(Cc2ccc(F)cc2)n1. The van der Waals surface area contributed by atoms with Gasteiger partial charge in [-0.05, 0) is 31.2 Å². The smallest absolute Gasteiger partial charge is 0.123 e. The fraction of sp³-hybridized carbons (Fsp3) is 0.357. The first kappa shape index (κ1) is 13.2. The van der Waals surface area contributed by atoms with E-state index in [4.69, 9.17) is 0 Å². The van der Waals surface area contributed by atoms with Crippen molar-refractivity contribution in [2.75, 3.05) is 6.54 Å². The third kappa shape index (κ3) is 3.37. The Kier molecular flexibility index (Phi) is 4.44. The molecule has 1 unspecified atom stereocenters. The van der Waals surface area contributed by atoms with E-state index in [1.807, 2.05) is 12.1 Å². The summed E-state index contributed by atoms with van der Waals surface area (Å²) in [7, 11) is 0. The molecular formula is C14H17FN2S. The molecule has 0 aliphatic rings. The van der Waals surface area contributed by atoms with Gasteiger partial charge in [0, 0.05) is 17.8 Å². The Morgan fingerprint density at radius 1 is 1.33 bits per heavy atom. The van der Waals surface area contributed by atoms with Crippen molar-refractivity contribution in [2.24, 2.45) is 0 Å². The standard InChI is InChI=1S/C14H17FN2S/c1-3-16-10(2)13-9-18-14(17-13)8-11-4-6-12(15)7-5-11/h4-7,9-10,16H,3,8H2,1-2H3. The monoisotopic (exact) mass is 264 g/mol. The third-order valence-electron chi connectivity index (χ3n) is 2.79. The molecular weight excluding hydrogens is 247 g/mol. The Morgan fingerprint density at radius 2 is 2.06 bits per heavy atom. The number of hydrogen-bond donors (Lipinski definition) is 1. The molecule has 96 valence electrons. The molecule has 1 aromatic heterocycles. The number of nitrogens with one attached hydrogen (secondary N) is 1. The summed E-state index contributed by atoms with van der Waals surface area (Å²) in [6, 6.07) is 6.89. The van der Waals surface area contributed by atoms with Crippen LogP contribution >= 0.6 is 11.3 Å². The number of rotatable bonds is 5. The zero-order valence-electron chi connectivity index (χ0n) is 10.6. The Bertz CT molecular complexity index is 493. The molecule has 2 aromatic rings. The predicted octanol–water partition coefficient (Wildman–Crippen LogP) is 3.54. The van der Waals surface area contributed by atoms with Crippen LogP contribution in [0, 0.1) is 5.82 Å². The van der Waals surface area contributed by atoms with E-state index < -0.39 is 0 Å². The molecule has 0 aliphatic carbocycles. The lowest BCUT2D eigenvalue weighted by atomic mass is 10.1. The maximum atomic E-state index is 12.8. The molecule has 0 fully saturated rings. The molecule has 0 amide bonds. The zero-order valence-corrected chi connectivity index (χ0v) is 11.4. The normalized spacial score (nSPS) is 12.6. The summed E-state index contributed by atoms with van der Waals surface area (Å²) in [6.07, 6.45) is 0.768. The second-order valence-electron chi connectivity index (χ2n) is 4.25. The molecule has 0 bridgehead atoms. The second-order valence-corrected chi connectivity index (χ2v) is 5.19. The molecule has 2 nitrogen and oxygen atoms in total. The lowest BCUT2D eigenvalue weighted by molar-refractivity contribution is 0.585. The second kappa shape index (κ2) is 6.07. The summed E-state index contributed by atoms with van der Waals surface area (Å²) < 4.78 is 12.8. The molecule has 0 aliphatic heterocycles. The number of aromatic nitrogens is 1. The quantitative estimate of drug-likeness (QED) is 0.893. The van der Waals surface area contributed by atoms with Crippen LogP contribution in [0.25, 0.3) is 0 Å². The summed E-state index contributed by atoms with van der Waals surface area (Å²) in [4.78, 5) is 4.61. The van der Waals surface area contributed by atoms with Crippen LogP contribution in [0.2, 0.25) is 0 Å². The fourth-order valence-corrected chi connectivity index (χ4v) is 2.71. The number of benzene rings is 1. The molecule has 0 radical (unpaired) electrons. The van der Waals surface area contributed by atoms with Crippen LogP contribution in [-0.2, 0) is 6.42 Å². The minimum absolute atomic E-state index is 0.195. The first-order valence-electron chi connectivity index (χ1n) is 6.11. The van der Waals surface area contributed by atoms with Gasteiger partial charge in [0.05, 0.1) is 10.7 Å². The molecule has 18 heavy (non-hydrogen) atoms. The summed E-state index contributed by atoms with van der Waals surface area (Å²) in [5.74, 6) is -0.195. The highest BCUT2D eigenvalue weighted by Gasteiger charge is 2.09. The van der Waals surface area contributed by atoms with Gasteiger partial charge in [-0.1, -0.05) is 19.1 Å². The Morgan fingerprint density at radius 3 is 2.72 bits per heavy atom. The van der Waals surface area contributed by atoms with Crippen molar-refractivity contribution in [3.05, 3.63) is 51.7 Å². The first-order valence-corrected chi connectivity index (χ1v) is 6.99. The summed E-state index contributed by atoms with van der Waals surface area (Å²) in [5, 5.41) is 6.50. The average Bonchev–Trinajstić information content (AvgIpc) is 2.81. The van der Waals surface area contributed by atoms with Gasteiger partial charge < -0.3 is 5.32 Å². The highest BCUT2D eigenvalue weighted by molar-refractivity contribution is 7.09. The topological polar surface area (TPSA) is 24.9 Å². The van der Waals surface area contributed by atoms with Crippen molar-refractivity contribution < 1.29 is 4.39 Å². The molecule has 0 saturated carbocycles. The van der Waals surface area contributed by atoms with E-state index >= 15 is 0 Å². The Labute approximate surface area is 111 Å². The minimum Gasteiger partial charge on any atom is -0.309 e. The van der Waals surface area contributed by atoms with Crippen molar-refractivity contribution in [3.8, 4) is 0 Å². The molecule has 1 aromatic carbocycles. The lowest BCUT2D eigenvalue weighted by Crippen LogP contribution is -2.17. The number of nitrogens with zero attached hydrogens (tertiary/aromatic N) is 1. The summed E-state index contributed by atoms with van der Waals surface area (Å²) in [5.41, 5.74) is 2.17. The number of halogens is 1. The van der Waals surface area contributed by atoms with Crippen LogP contribution in [0.15, 0.2) is 29.6 Å². The predicted molar refractivity (Wildman–Crippen MR) is 73.4 cm³/mol. The van der Waals surface area contributed by atoms with E-state index in [0.29, 0.717) is 0 Å². The van der Waals surface area contributed by atoms with Crippen molar-refractivity contribution >= 4 is 11.3 Å². The van der Waals surface area contributed by atoms with Crippen LogP contribution < -0.4 is 5.32 Å². The largest absolute Gasteiger partial charge is 0.309 e. The fourth-order valence-electron chi connectivity index (χ4n) is 1.79. The van der Waals surface area contributed by atoms with Gasteiger partial charge in [-0.15, -0.1) is 11.3 Å². The Hall–Kier alpha value is -1.26. The minimum atomic E-state index is -0.195. The van der Waals surface area contributed by atoms with Gasteiger partial charge in [0.1, 0.15) is 5.82 Å². The van der Waals surface area contributed by atoms with Crippen LogP contribution in [0.3, 0.4) is 0 Å². The number of hydrogen-bond acceptors (Lipinski definition) is 3. The lowest BCUT2D eigenvalue weighted by Gasteiger charge is -2.08. The highest BCUT2D eigenvalue weighted by Crippen LogP contribution is 2.19. The Balaban J connectivity index is 2.04. The van der Waals surface area contributed by atoms with Gasteiger partial charge in [0.15, 0.2) is 0 Å². The maximum Gasteiger partial charge on any atom is 0.123 e. The van der Waals surface area contributed by atoms with Gasteiger partial charge in [0.25, 0.3) is 0 Å². The van der Waals surface area contributed by atoms with E-state index in [9.17, 15) is 4.39 Å². The van der Waals surface area contributed by atoms with Crippen molar-refractivity contribution in [1.82, 2.24) is 10.3 Å². The van der Waals surface area contributed by atoms with Crippen molar-refractivity contribution in [1.29, 1.82) is 0 Å². The van der Waals surface area contributed by atoms with E-state index in [-0.39, 0.29) is 11.9 Å². The van der Waals surface area contributed by atoms with Gasteiger partial charge in [-0.2, -0.15) is 0 Å². The van der Waals surface area contributed by atoms with Gasteiger partial charge in [-0.3, -0.25) is 0 Å². The molecule has 0 saturated heterocycles. The van der Waals surface area contributed by atoms with Crippen LogP contribution in [0.1, 0.15) is 36.2 Å². The highest BCUT2D eigenvalue weighted by atomic mass is 32.1. The first-order chi connectivity index (χ1) is 8.69. The van der Waals surface area contributed by atoms with E-state index in [1.165, 1.54) is 12.1 Å². The molecule has 2 rings (SSSR count).